The Labute approximate surface area is 150 Å². The third-order valence-corrected chi connectivity index (χ3v) is 3.81. The zero-order chi connectivity index (χ0) is 18.8. The van der Waals surface area contributed by atoms with Gasteiger partial charge in [0.1, 0.15) is 5.76 Å². The highest BCUT2D eigenvalue weighted by Gasteiger charge is 2.19. The van der Waals surface area contributed by atoms with Gasteiger partial charge >= 0.3 is 0 Å². The van der Waals surface area contributed by atoms with Crippen molar-refractivity contribution in [1.29, 1.82) is 0 Å². The van der Waals surface area contributed by atoms with Gasteiger partial charge in [0.15, 0.2) is 11.5 Å². The number of amides is 2. The van der Waals surface area contributed by atoms with Crippen molar-refractivity contribution in [2.75, 3.05) is 12.4 Å². The van der Waals surface area contributed by atoms with Crippen molar-refractivity contribution in [3.63, 3.8) is 0 Å². The van der Waals surface area contributed by atoms with Gasteiger partial charge in [0.25, 0.3) is 11.8 Å². The van der Waals surface area contributed by atoms with E-state index in [2.05, 4.69) is 20.8 Å². The molecule has 3 rings (SSSR count). The van der Waals surface area contributed by atoms with Gasteiger partial charge in [-0.05, 0) is 32.0 Å². The number of anilines is 1. The molecule has 3 aromatic heterocycles. The lowest BCUT2D eigenvalue weighted by atomic mass is 10.3. The second-order valence-corrected chi connectivity index (χ2v) is 5.95. The molecule has 0 aliphatic carbocycles. The zero-order valence-corrected chi connectivity index (χ0v) is 15.0. The number of nitrogens with zero attached hydrogens (tertiary/aromatic N) is 4. The third-order valence-electron chi connectivity index (χ3n) is 3.81. The summed E-state index contributed by atoms with van der Waals surface area (Å²) in [6, 6.07) is 5.29. The van der Waals surface area contributed by atoms with Crippen LogP contribution in [-0.2, 0) is 13.6 Å². The molecule has 0 unspecified atom stereocenters. The Morgan fingerprint density at radius 1 is 1.19 bits per heavy atom. The Balaban J connectivity index is 1.75. The number of rotatable bonds is 5. The van der Waals surface area contributed by atoms with Crippen molar-refractivity contribution in [2.45, 2.75) is 20.4 Å². The molecule has 2 amide bonds. The van der Waals surface area contributed by atoms with E-state index in [9.17, 15) is 9.59 Å². The van der Waals surface area contributed by atoms with Crippen molar-refractivity contribution in [3.05, 3.63) is 53.0 Å². The standard InChI is InChI=1S/C17H20N6O3/c1-10-7-11(2)23(20-10)8-12-5-6-14(26-12)16(24)19-13-9-22(4)21-15(13)17(25)18-3/h5-7,9H,8H2,1-4H3,(H,18,25)(H,19,24). The molecule has 0 bridgehead atoms. The molecular formula is C17H20N6O3. The zero-order valence-electron chi connectivity index (χ0n) is 15.0. The molecule has 9 nitrogen and oxygen atoms in total. The largest absolute Gasteiger partial charge is 0.454 e. The van der Waals surface area contributed by atoms with E-state index in [4.69, 9.17) is 4.42 Å². The quantitative estimate of drug-likeness (QED) is 0.720. The third kappa shape index (κ3) is 3.51. The van der Waals surface area contributed by atoms with Gasteiger partial charge in [0.2, 0.25) is 0 Å². The average molecular weight is 356 g/mol. The van der Waals surface area contributed by atoms with Crippen LogP contribution < -0.4 is 10.6 Å². The summed E-state index contributed by atoms with van der Waals surface area (Å²) in [5.74, 6) is -0.0827. The first-order valence-corrected chi connectivity index (χ1v) is 8.04. The second-order valence-electron chi connectivity index (χ2n) is 5.95. The van der Waals surface area contributed by atoms with Crippen molar-refractivity contribution in [3.8, 4) is 0 Å². The molecular weight excluding hydrogens is 336 g/mol. The van der Waals surface area contributed by atoms with Crippen LogP contribution in [0.2, 0.25) is 0 Å². The number of hydrogen-bond acceptors (Lipinski definition) is 5. The first-order chi connectivity index (χ1) is 12.4. The van der Waals surface area contributed by atoms with E-state index in [1.807, 2.05) is 19.9 Å². The van der Waals surface area contributed by atoms with Gasteiger partial charge in [0, 0.05) is 26.0 Å². The van der Waals surface area contributed by atoms with Crippen LogP contribution in [0.3, 0.4) is 0 Å². The molecule has 3 heterocycles. The van der Waals surface area contributed by atoms with Gasteiger partial charge in [-0.2, -0.15) is 10.2 Å². The smallest absolute Gasteiger partial charge is 0.291 e. The molecule has 0 aliphatic rings. The lowest BCUT2D eigenvalue weighted by Gasteiger charge is -2.03. The van der Waals surface area contributed by atoms with Gasteiger partial charge in [-0.3, -0.25) is 19.0 Å². The van der Waals surface area contributed by atoms with Gasteiger partial charge in [0.05, 0.1) is 17.9 Å². The molecule has 0 spiro atoms. The highest BCUT2D eigenvalue weighted by atomic mass is 16.4. The predicted molar refractivity (Wildman–Crippen MR) is 94.1 cm³/mol. The van der Waals surface area contributed by atoms with Crippen LogP contribution >= 0.6 is 0 Å². The first-order valence-electron chi connectivity index (χ1n) is 8.04. The topological polar surface area (TPSA) is 107 Å². The van der Waals surface area contributed by atoms with Gasteiger partial charge in [-0.25, -0.2) is 0 Å². The molecule has 0 atom stereocenters. The second kappa shape index (κ2) is 6.87. The number of aromatic nitrogens is 4. The minimum Gasteiger partial charge on any atom is -0.454 e. The van der Waals surface area contributed by atoms with Crippen LogP contribution in [0.4, 0.5) is 5.69 Å². The lowest BCUT2D eigenvalue weighted by Crippen LogP contribution is -2.21. The maximum atomic E-state index is 12.4. The minimum atomic E-state index is -0.456. The number of aryl methyl sites for hydroxylation is 3. The summed E-state index contributed by atoms with van der Waals surface area (Å²) in [6.45, 7) is 4.31. The van der Waals surface area contributed by atoms with Crippen LogP contribution in [-0.4, -0.2) is 38.4 Å². The predicted octanol–water partition coefficient (Wildman–Crippen LogP) is 1.49. The molecule has 0 aromatic carbocycles. The maximum Gasteiger partial charge on any atom is 0.291 e. The minimum absolute atomic E-state index is 0.137. The molecule has 2 N–H and O–H groups in total. The average Bonchev–Trinajstić information content (AvgIpc) is 3.27. The summed E-state index contributed by atoms with van der Waals surface area (Å²) in [7, 11) is 3.17. The summed E-state index contributed by atoms with van der Waals surface area (Å²) >= 11 is 0. The van der Waals surface area contributed by atoms with Crippen molar-refractivity contribution < 1.29 is 14.0 Å². The number of hydrogen-bond donors (Lipinski definition) is 2. The SMILES string of the molecule is CNC(=O)c1nn(C)cc1NC(=O)c1ccc(Cn2nc(C)cc2C)o1. The van der Waals surface area contributed by atoms with Crippen LogP contribution in [0, 0.1) is 13.8 Å². The summed E-state index contributed by atoms with van der Waals surface area (Å²) < 4.78 is 8.88. The van der Waals surface area contributed by atoms with Crippen molar-refractivity contribution >= 4 is 17.5 Å². The van der Waals surface area contributed by atoms with Gasteiger partial charge in [-0.15, -0.1) is 0 Å². The van der Waals surface area contributed by atoms with Gasteiger partial charge in [-0.1, -0.05) is 0 Å². The van der Waals surface area contributed by atoms with E-state index in [0.717, 1.165) is 11.4 Å². The summed E-state index contributed by atoms with van der Waals surface area (Å²) in [4.78, 5) is 24.3. The Morgan fingerprint density at radius 2 is 1.96 bits per heavy atom. The van der Waals surface area contributed by atoms with Crippen LogP contribution in [0.5, 0.6) is 0 Å². The summed E-state index contributed by atoms with van der Waals surface area (Å²) in [5.41, 5.74) is 2.38. The fraction of sp³-hybridized carbons (Fsp3) is 0.294. The Morgan fingerprint density at radius 3 is 2.62 bits per heavy atom. The molecule has 26 heavy (non-hydrogen) atoms. The molecule has 0 radical (unpaired) electrons. The van der Waals surface area contributed by atoms with E-state index >= 15 is 0 Å². The van der Waals surface area contributed by atoms with Crippen LogP contribution in [0.25, 0.3) is 0 Å². The van der Waals surface area contributed by atoms with Crippen LogP contribution in [0.15, 0.2) is 28.8 Å². The highest BCUT2D eigenvalue weighted by molar-refractivity contribution is 6.06. The Bertz CT molecular complexity index is 965. The van der Waals surface area contributed by atoms with E-state index in [0.29, 0.717) is 18.0 Å². The number of carbonyl (C=O) groups is 2. The van der Waals surface area contributed by atoms with Crippen molar-refractivity contribution in [1.82, 2.24) is 24.9 Å². The van der Waals surface area contributed by atoms with Gasteiger partial charge < -0.3 is 15.1 Å². The molecule has 0 fully saturated rings. The van der Waals surface area contributed by atoms with E-state index in [-0.39, 0.29) is 17.4 Å². The molecule has 136 valence electrons. The monoisotopic (exact) mass is 356 g/mol. The van der Waals surface area contributed by atoms with E-state index < -0.39 is 5.91 Å². The Hall–Kier alpha value is -3.36. The molecule has 3 aromatic rings. The maximum absolute atomic E-state index is 12.4. The Kier molecular flexibility index (Phi) is 4.61. The van der Waals surface area contributed by atoms with Crippen molar-refractivity contribution in [2.24, 2.45) is 7.05 Å². The van der Waals surface area contributed by atoms with E-state index in [1.54, 1.807) is 30.1 Å². The number of carbonyl (C=O) groups excluding carboxylic acids is 2. The fourth-order valence-corrected chi connectivity index (χ4v) is 2.62. The summed E-state index contributed by atoms with van der Waals surface area (Å²) in [6.07, 6.45) is 1.56. The number of nitrogens with one attached hydrogen (secondary N) is 2. The first kappa shape index (κ1) is 17.5. The van der Waals surface area contributed by atoms with Crippen LogP contribution in [0.1, 0.15) is 38.2 Å². The molecule has 0 saturated heterocycles. The van der Waals surface area contributed by atoms with E-state index in [1.165, 1.54) is 11.7 Å². The highest BCUT2D eigenvalue weighted by Crippen LogP contribution is 2.17. The normalized spacial score (nSPS) is 10.8. The summed E-state index contributed by atoms with van der Waals surface area (Å²) in [5, 5.41) is 13.6. The number of furan rings is 1. The molecule has 0 saturated carbocycles. The lowest BCUT2D eigenvalue weighted by molar-refractivity contribution is 0.0958. The molecule has 0 aliphatic heterocycles. The molecule has 9 heteroatoms. The fourth-order valence-electron chi connectivity index (χ4n) is 2.62.